The summed E-state index contributed by atoms with van der Waals surface area (Å²) in [6, 6.07) is 8.25. The maximum Gasteiger partial charge on any atom is 0.166 e. The number of nitrogens with zero attached hydrogens (tertiary/aromatic N) is 2. The van der Waals surface area contributed by atoms with Gasteiger partial charge in [-0.2, -0.15) is 0 Å². The zero-order chi connectivity index (χ0) is 9.10. The summed E-state index contributed by atoms with van der Waals surface area (Å²) in [6.45, 7) is 2.02. The standard InChI is InChI=1S/C10H11BrN2/c11-10-4-2-9(3-5-10)8-13-7-1-6-12-13/h2-5,8H,1,6-7H2/b13-8-. The molecule has 0 N–H and O–H groups in total. The van der Waals surface area contributed by atoms with E-state index in [-0.39, 0.29) is 0 Å². The zero-order valence-corrected chi connectivity index (χ0v) is 8.87. The van der Waals surface area contributed by atoms with E-state index in [1.54, 1.807) is 0 Å². The third-order valence-electron chi connectivity index (χ3n) is 2.00. The molecule has 2 rings (SSSR count). The van der Waals surface area contributed by atoms with Gasteiger partial charge in [0.25, 0.3) is 0 Å². The highest BCUT2D eigenvalue weighted by Crippen LogP contribution is 2.10. The first-order chi connectivity index (χ1) is 6.34. The minimum absolute atomic E-state index is 0.965. The van der Waals surface area contributed by atoms with Crippen LogP contribution in [0.25, 0.3) is 5.43 Å². The first-order valence-electron chi connectivity index (χ1n) is 4.39. The van der Waals surface area contributed by atoms with E-state index in [0.717, 1.165) is 17.6 Å². The predicted octanol–water partition coefficient (Wildman–Crippen LogP) is 2.57. The molecular weight excluding hydrogens is 228 g/mol. The van der Waals surface area contributed by atoms with E-state index in [9.17, 15) is 0 Å². The normalized spacial score (nSPS) is 19.0. The van der Waals surface area contributed by atoms with Gasteiger partial charge in [0.1, 0.15) is 6.54 Å². The second-order valence-corrected chi connectivity index (χ2v) is 3.98. The molecule has 0 spiro atoms. The molecule has 2 nitrogen and oxygen atoms in total. The van der Waals surface area contributed by atoms with Crippen molar-refractivity contribution in [3.63, 3.8) is 0 Å². The van der Waals surface area contributed by atoms with Crippen LogP contribution in [0, 0.1) is 0 Å². The maximum atomic E-state index is 4.32. The Morgan fingerprint density at radius 3 is 2.69 bits per heavy atom. The molecule has 0 radical (unpaired) electrons. The fourth-order valence-corrected chi connectivity index (χ4v) is 1.59. The summed E-state index contributed by atoms with van der Waals surface area (Å²) in [6.07, 6.45) is 3.26. The van der Waals surface area contributed by atoms with Crippen LogP contribution in [-0.2, 0) is 0 Å². The second kappa shape index (κ2) is 3.92. The van der Waals surface area contributed by atoms with Crippen LogP contribution in [0.15, 0.2) is 28.7 Å². The lowest BCUT2D eigenvalue weighted by atomic mass is 10.2. The molecule has 1 saturated heterocycles. The first kappa shape index (κ1) is 8.75. The van der Waals surface area contributed by atoms with Gasteiger partial charge in [-0.05, 0) is 30.7 Å². The van der Waals surface area contributed by atoms with Crippen LogP contribution in [0.4, 0.5) is 0 Å². The summed E-state index contributed by atoms with van der Waals surface area (Å²) >= 11 is 3.41. The van der Waals surface area contributed by atoms with Crippen molar-refractivity contribution in [1.29, 1.82) is 0 Å². The third kappa shape index (κ3) is 2.31. The van der Waals surface area contributed by atoms with Crippen LogP contribution in [0.3, 0.4) is 0 Å². The second-order valence-electron chi connectivity index (χ2n) is 3.06. The molecule has 1 aliphatic heterocycles. The Labute approximate surface area is 86.4 Å². The minimum atomic E-state index is 0.965. The molecule has 0 unspecified atom stereocenters. The minimum Gasteiger partial charge on any atom is -0.440 e. The summed E-state index contributed by atoms with van der Waals surface area (Å²) < 4.78 is 3.13. The van der Waals surface area contributed by atoms with Gasteiger partial charge in [0.05, 0.1) is 0 Å². The largest absolute Gasteiger partial charge is 0.440 e. The predicted molar refractivity (Wildman–Crippen MR) is 57.3 cm³/mol. The van der Waals surface area contributed by atoms with Gasteiger partial charge in [0.15, 0.2) is 6.21 Å². The van der Waals surface area contributed by atoms with Crippen LogP contribution >= 0.6 is 15.9 Å². The lowest BCUT2D eigenvalue weighted by molar-refractivity contribution is -0.454. The first-order valence-corrected chi connectivity index (χ1v) is 5.18. The van der Waals surface area contributed by atoms with Crippen LogP contribution in [-0.4, -0.2) is 24.0 Å². The van der Waals surface area contributed by atoms with Crippen LogP contribution in [0.1, 0.15) is 12.0 Å². The van der Waals surface area contributed by atoms with Crippen molar-refractivity contribution < 1.29 is 4.68 Å². The summed E-state index contributed by atoms with van der Waals surface area (Å²) in [5, 5.41) is 0. The van der Waals surface area contributed by atoms with Gasteiger partial charge in [-0.1, -0.05) is 22.5 Å². The average molecular weight is 239 g/mol. The molecule has 0 atom stereocenters. The van der Waals surface area contributed by atoms with Gasteiger partial charge in [-0.3, -0.25) is 4.68 Å². The van der Waals surface area contributed by atoms with Gasteiger partial charge in [0, 0.05) is 10.0 Å². The van der Waals surface area contributed by atoms with Crippen molar-refractivity contribution in [3.05, 3.63) is 39.7 Å². The molecule has 3 heteroatoms. The topological polar surface area (TPSA) is 17.1 Å². The Balaban J connectivity index is 2.17. The molecular formula is C10H11BrN2. The van der Waals surface area contributed by atoms with Crippen LogP contribution in [0.5, 0.6) is 0 Å². The summed E-state index contributed by atoms with van der Waals surface area (Å²) in [7, 11) is 0. The van der Waals surface area contributed by atoms with Gasteiger partial charge in [-0.15, -0.1) is 0 Å². The van der Waals surface area contributed by atoms with Crippen molar-refractivity contribution in [3.8, 4) is 0 Å². The number of rotatable bonds is 1. The molecule has 0 aromatic heterocycles. The Morgan fingerprint density at radius 2 is 2.08 bits per heavy atom. The van der Waals surface area contributed by atoms with Gasteiger partial charge < -0.3 is 5.43 Å². The van der Waals surface area contributed by atoms with Crippen molar-refractivity contribution >= 4 is 22.1 Å². The highest BCUT2D eigenvalue weighted by Gasteiger charge is 2.01. The highest BCUT2D eigenvalue weighted by atomic mass is 79.9. The smallest absolute Gasteiger partial charge is 0.166 e. The van der Waals surface area contributed by atoms with E-state index in [1.807, 2.05) is 16.8 Å². The molecule has 0 saturated carbocycles. The van der Waals surface area contributed by atoms with Gasteiger partial charge in [-0.25, -0.2) is 0 Å². The summed E-state index contributed by atoms with van der Waals surface area (Å²) in [5.41, 5.74) is 5.52. The molecule has 1 aliphatic rings. The van der Waals surface area contributed by atoms with Crippen molar-refractivity contribution in [2.45, 2.75) is 6.42 Å². The van der Waals surface area contributed by atoms with E-state index < -0.39 is 0 Å². The molecule has 1 aromatic rings. The average Bonchev–Trinajstić information content (AvgIpc) is 2.62. The lowest BCUT2D eigenvalue weighted by Gasteiger charge is -2.04. The SMILES string of the molecule is Brc1ccc(/C=[N+]2/CCC[N-]2)cc1. The monoisotopic (exact) mass is 238 g/mol. The van der Waals surface area contributed by atoms with Gasteiger partial charge in [0.2, 0.25) is 0 Å². The highest BCUT2D eigenvalue weighted by molar-refractivity contribution is 9.10. The molecule has 68 valence electrons. The quantitative estimate of drug-likeness (QED) is 0.670. The number of hydrogen-bond acceptors (Lipinski definition) is 0. The van der Waals surface area contributed by atoms with Crippen molar-refractivity contribution in [1.82, 2.24) is 0 Å². The van der Waals surface area contributed by atoms with Crippen LogP contribution in [0.2, 0.25) is 0 Å². The lowest BCUT2D eigenvalue weighted by Crippen LogP contribution is -2.02. The molecule has 0 bridgehead atoms. The summed E-state index contributed by atoms with van der Waals surface area (Å²) in [5.74, 6) is 0. The molecule has 1 heterocycles. The van der Waals surface area contributed by atoms with Crippen molar-refractivity contribution in [2.75, 3.05) is 13.1 Å². The van der Waals surface area contributed by atoms with Gasteiger partial charge >= 0.3 is 0 Å². The van der Waals surface area contributed by atoms with E-state index in [4.69, 9.17) is 0 Å². The molecule has 13 heavy (non-hydrogen) atoms. The zero-order valence-electron chi connectivity index (χ0n) is 7.28. The number of hydrogen-bond donors (Lipinski definition) is 0. The fraction of sp³-hybridized carbons (Fsp3) is 0.300. The van der Waals surface area contributed by atoms with E-state index in [2.05, 4.69) is 39.7 Å². The Hall–Kier alpha value is -0.830. The van der Waals surface area contributed by atoms with Crippen molar-refractivity contribution in [2.24, 2.45) is 0 Å². The summed E-state index contributed by atoms with van der Waals surface area (Å²) in [4.78, 5) is 0. The Kier molecular flexibility index (Phi) is 2.64. The molecule has 0 amide bonds. The third-order valence-corrected chi connectivity index (χ3v) is 2.52. The van der Waals surface area contributed by atoms with E-state index in [1.165, 1.54) is 12.0 Å². The Bertz CT molecular complexity index is 308. The fourth-order valence-electron chi connectivity index (χ4n) is 1.33. The maximum absolute atomic E-state index is 4.32. The van der Waals surface area contributed by atoms with E-state index >= 15 is 0 Å². The Morgan fingerprint density at radius 1 is 1.31 bits per heavy atom. The molecule has 1 aromatic carbocycles. The molecule has 1 fully saturated rings. The van der Waals surface area contributed by atoms with Crippen LogP contribution < -0.4 is 0 Å². The number of halogens is 1. The van der Waals surface area contributed by atoms with E-state index in [0.29, 0.717) is 0 Å². The number of benzene rings is 1. The molecule has 0 aliphatic carbocycles.